The van der Waals surface area contributed by atoms with Gasteiger partial charge >= 0.3 is 0 Å². The van der Waals surface area contributed by atoms with Crippen LogP contribution in [0.2, 0.25) is 0 Å². The molecule has 0 aliphatic heterocycles. The third kappa shape index (κ3) is 4.60. The Bertz CT molecular complexity index is 1610. The van der Waals surface area contributed by atoms with Crippen molar-refractivity contribution in [3.8, 4) is 0 Å². The Hall–Kier alpha value is -4.40. The highest BCUT2D eigenvalue weighted by molar-refractivity contribution is 6.06. The van der Waals surface area contributed by atoms with E-state index in [0.717, 1.165) is 26.8 Å². The molecule has 37 heavy (non-hydrogen) atoms. The first kappa shape index (κ1) is 24.3. The van der Waals surface area contributed by atoms with Crippen molar-refractivity contribution in [1.82, 2.24) is 14.3 Å². The zero-order chi connectivity index (χ0) is 26.3. The Morgan fingerprint density at radius 3 is 2.30 bits per heavy atom. The number of fused-ring (bicyclic) bond motifs is 1. The molecule has 0 fully saturated rings. The zero-order valence-corrected chi connectivity index (χ0v) is 20.0. The summed E-state index contributed by atoms with van der Waals surface area (Å²) in [6, 6.07) is 17.1. The molecule has 0 bridgehead atoms. The molecule has 0 spiro atoms. The summed E-state index contributed by atoms with van der Waals surface area (Å²) < 4.78 is 58.2. The van der Waals surface area contributed by atoms with Gasteiger partial charge in [0, 0.05) is 47.0 Å². The molecule has 5 aromatic rings. The van der Waals surface area contributed by atoms with Crippen LogP contribution in [0.25, 0.3) is 10.9 Å². The van der Waals surface area contributed by atoms with E-state index in [1.165, 1.54) is 17.8 Å². The Morgan fingerprint density at radius 1 is 0.892 bits per heavy atom. The number of carbonyl (C=O) groups excluding carboxylic acids is 1. The van der Waals surface area contributed by atoms with Crippen LogP contribution in [0, 0.1) is 37.1 Å². The van der Waals surface area contributed by atoms with Crippen molar-refractivity contribution in [2.75, 3.05) is 5.32 Å². The van der Waals surface area contributed by atoms with Gasteiger partial charge in [0.15, 0.2) is 29.1 Å². The number of benzene rings is 3. The van der Waals surface area contributed by atoms with Crippen LogP contribution in [0.5, 0.6) is 0 Å². The standard InChI is InChI=1S/C28H22F4N4O/c1-16-17(2)36(14-18-6-4-3-5-7-18)24-9-8-19(12-20(16)24)28(37)33-25-10-11-35(34-25)15-21-26(31)22(29)13-23(30)27(21)32/h3-13H,14-15H2,1-2H3,(H,33,34,37). The minimum atomic E-state index is -1.49. The van der Waals surface area contributed by atoms with E-state index in [4.69, 9.17) is 0 Å². The second-order valence-corrected chi connectivity index (χ2v) is 8.81. The lowest BCUT2D eigenvalue weighted by Gasteiger charge is -2.09. The number of nitrogens with zero attached hydrogens (tertiary/aromatic N) is 3. The number of aryl methyl sites for hydroxylation is 1. The molecule has 1 N–H and O–H groups in total. The van der Waals surface area contributed by atoms with E-state index in [-0.39, 0.29) is 11.9 Å². The zero-order valence-electron chi connectivity index (χ0n) is 20.0. The van der Waals surface area contributed by atoms with Crippen LogP contribution in [-0.4, -0.2) is 20.3 Å². The van der Waals surface area contributed by atoms with Crippen LogP contribution in [-0.2, 0) is 13.1 Å². The molecule has 0 radical (unpaired) electrons. The molecule has 2 heterocycles. The average Bonchev–Trinajstić information content (AvgIpc) is 3.43. The maximum Gasteiger partial charge on any atom is 0.256 e. The highest BCUT2D eigenvalue weighted by Crippen LogP contribution is 2.28. The van der Waals surface area contributed by atoms with Gasteiger partial charge in [-0.2, -0.15) is 5.10 Å². The van der Waals surface area contributed by atoms with Crippen molar-refractivity contribution >= 4 is 22.6 Å². The molecular formula is C28H22F4N4O. The fraction of sp³-hybridized carbons (Fsp3) is 0.143. The summed E-state index contributed by atoms with van der Waals surface area (Å²) in [4.78, 5) is 12.9. The first-order valence-corrected chi connectivity index (χ1v) is 11.5. The SMILES string of the molecule is Cc1c(C)n(Cc2ccccc2)c2ccc(C(=O)Nc3ccn(Cc4c(F)c(F)cc(F)c4F)n3)cc12. The summed E-state index contributed by atoms with van der Waals surface area (Å²) in [5.41, 5.74) is 3.95. The second-order valence-electron chi connectivity index (χ2n) is 8.81. The number of halogens is 4. The van der Waals surface area contributed by atoms with Crippen LogP contribution >= 0.6 is 0 Å². The number of carbonyl (C=O) groups is 1. The smallest absolute Gasteiger partial charge is 0.256 e. The topological polar surface area (TPSA) is 51.9 Å². The van der Waals surface area contributed by atoms with Gasteiger partial charge in [0.25, 0.3) is 5.91 Å². The van der Waals surface area contributed by atoms with Gasteiger partial charge in [0.05, 0.1) is 12.1 Å². The van der Waals surface area contributed by atoms with Crippen molar-refractivity contribution in [2.24, 2.45) is 0 Å². The van der Waals surface area contributed by atoms with Crippen molar-refractivity contribution in [3.63, 3.8) is 0 Å². The second kappa shape index (κ2) is 9.57. The van der Waals surface area contributed by atoms with E-state index in [9.17, 15) is 22.4 Å². The molecule has 0 aliphatic carbocycles. The van der Waals surface area contributed by atoms with Crippen LogP contribution in [0.3, 0.4) is 0 Å². The summed E-state index contributed by atoms with van der Waals surface area (Å²) >= 11 is 0. The number of anilines is 1. The minimum absolute atomic E-state index is 0.123. The Balaban J connectivity index is 1.36. The average molecular weight is 507 g/mol. The van der Waals surface area contributed by atoms with Gasteiger partial charge in [-0.25, -0.2) is 17.6 Å². The van der Waals surface area contributed by atoms with E-state index < -0.39 is 41.3 Å². The van der Waals surface area contributed by atoms with Gasteiger partial charge in [-0.05, 0) is 43.2 Å². The Morgan fingerprint density at radius 2 is 1.59 bits per heavy atom. The van der Waals surface area contributed by atoms with Gasteiger partial charge < -0.3 is 9.88 Å². The van der Waals surface area contributed by atoms with E-state index in [1.54, 1.807) is 6.07 Å². The molecule has 0 saturated carbocycles. The lowest BCUT2D eigenvalue weighted by atomic mass is 10.1. The predicted molar refractivity (Wildman–Crippen MR) is 133 cm³/mol. The number of aromatic nitrogens is 3. The Kier molecular flexibility index (Phi) is 6.29. The molecule has 0 atom stereocenters. The molecule has 9 heteroatoms. The Labute approximate surface area is 210 Å². The maximum absolute atomic E-state index is 14.0. The highest BCUT2D eigenvalue weighted by atomic mass is 19.2. The third-order valence-electron chi connectivity index (χ3n) is 6.49. The summed E-state index contributed by atoms with van der Waals surface area (Å²) in [5, 5.41) is 7.66. The molecule has 188 valence electrons. The van der Waals surface area contributed by atoms with Crippen LogP contribution < -0.4 is 5.32 Å². The molecule has 3 aromatic carbocycles. The predicted octanol–water partition coefficient (Wildman–Crippen LogP) is 6.36. The van der Waals surface area contributed by atoms with Crippen LogP contribution in [0.4, 0.5) is 23.4 Å². The van der Waals surface area contributed by atoms with E-state index in [0.29, 0.717) is 12.1 Å². The number of amides is 1. The summed E-state index contributed by atoms with van der Waals surface area (Å²) in [7, 11) is 0. The quantitative estimate of drug-likeness (QED) is 0.215. The summed E-state index contributed by atoms with van der Waals surface area (Å²) in [6.45, 7) is 4.20. The molecule has 2 aromatic heterocycles. The lowest BCUT2D eigenvalue weighted by molar-refractivity contribution is 0.102. The fourth-order valence-corrected chi connectivity index (χ4v) is 4.39. The van der Waals surface area contributed by atoms with Gasteiger partial charge in [-0.15, -0.1) is 0 Å². The van der Waals surface area contributed by atoms with Crippen LogP contribution in [0.1, 0.15) is 32.7 Å². The summed E-state index contributed by atoms with van der Waals surface area (Å²) in [5.74, 6) is -6.26. The maximum atomic E-state index is 14.0. The monoisotopic (exact) mass is 506 g/mol. The first-order valence-electron chi connectivity index (χ1n) is 11.5. The molecule has 0 saturated heterocycles. The molecule has 5 rings (SSSR count). The number of nitrogens with one attached hydrogen (secondary N) is 1. The number of hydrogen-bond donors (Lipinski definition) is 1. The van der Waals surface area contributed by atoms with E-state index in [1.807, 2.05) is 44.2 Å². The normalized spacial score (nSPS) is 11.3. The van der Waals surface area contributed by atoms with Crippen molar-refractivity contribution < 1.29 is 22.4 Å². The molecular weight excluding hydrogens is 484 g/mol. The molecule has 5 nitrogen and oxygen atoms in total. The lowest BCUT2D eigenvalue weighted by Crippen LogP contribution is -2.13. The van der Waals surface area contributed by atoms with Gasteiger partial charge in [-0.3, -0.25) is 9.48 Å². The molecule has 1 amide bonds. The van der Waals surface area contributed by atoms with E-state index >= 15 is 0 Å². The van der Waals surface area contributed by atoms with Gasteiger partial charge in [0.2, 0.25) is 0 Å². The van der Waals surface area contributed by atoms with Gasteiger partial charge in [0.1, 0.15) is 0 Å². The van der Waals surface area contributed by atoms with E-state index in [2.05, 4.69) is 27.1 Å². The minimum Gasteiger partial charge on any atom is -0.340 e. The third-order valence-corrected chi connectivity index (χ3v) is 6.49. The van der Waals surface area contributed by atoms with Crippen molar-refractivity contribution in [3.05, 3.63) is 118 Å². The number of hydrogen-bond acceptors (Lipinski definition) is 2. The fourth-order valence-electron chi connectivity index (χ4n) is 4.39. The largest absolute Gasteiger partial charge is 0.340 e. The van der Waals surface area contributed by atoms with Crippen molar-refractivity contribution in [1.29, 1.82) is 0 Å². The molecule has 0 aliphatic rings. The van der Waals surface area contributed by atoms with Gasteiger partial charge in [-0.1, -0.05) is 30.3 Å². The number of rotatable bonds is 6. The summed E-state index contributed by atoms with van der Waals surface area (Å²) in [6.07, 6.45) is 1.34. The molecule has 0 unspecified atom stereocenters. The first-order chi connectivity index (χ1) is 17.7. The van der Waals surface area contributed by atoms with Crippen molar-refractivity contribution in [2.45, 2.75) is 26.9 Å². The van der Waals surface area contributed by atoms with Crippen LogP contribution in [0.15, 0.2) is 66.9 Å². The highest BCUT2D eigenvalue weighted by Gasteiger charge is 2.20.